The number of amides is 1. The van der Waals surface area contributed by atoms with Crippen molar-refractivity contribution in [3.63, 3.8) is 0 Å². The second kappa shape index (κ2) is 9.01. The summed E-state index contributed by atoms with van der Waals surface area (Å²) < 4.78 is 43.2. The van der Waals surface area contributed by atoms with Gasteiger partial charge in [0, 0.05) is 32.9 Å². The summed E-state index contributed by atoms with van der Waals surface area (Å²) in [5.74, 6) is 1.08. The van der Waals surface area contributed by atoms with Gasteiger partial charge in [-0.25, -0.2) is 9.78 Å². The highest BCUT2D eigenvalue weighted by Crippen LogP contribution is 2.29. The Hall–Kier alpha value is -1.99. The average Bonchev–Trinajstić information content (AvgIpc) is 2.60. The van der Waals surface area contributed by atoms with Crippen molar-refractivity contribution in [3.05, 3.63) is 23.9 Å². The zero-order chi connectivity index (χ0) is 20.9. The molecule has 2 heterocycles. The first-order chi connectivity index (χ1) is 13.0. The first-order valence-electron chi connectivity index (χ1n) is 9.68. The monoisotopic (exact) mass is 401 g/mol. The van der Waals surface area contributed by atoms with Crippen LogP contribution in [0.1, 0.15) is 52.0 Å². The summed E-state index contributed by atoms with van der Waals surface area (Å²) in [6.45, 7) is 7.72. The number of aromatic nitrogens is 1. The van der Waals surface area contributed by atoms with E-state index in [1.165, 1.54) is 6.07 Å². The third-order valence-electron chi connectivity index (χ3n) is 4.84. The molecule has 5 nitrogen and oxygen atoms in total. The van der Waals surface area contributed by atoms with Crippen LogP contribution < -0.4 is 4.90 Å². The van der Waals surface area contributed by atoms with Crippen LogP contribution in [-0.4, -0.2) is 48.3 Å². The highest BCUT2D eigenvalue weighted by Gasteiger charge is 2.31. The molecule has 28 heavy (non-hydrogen) atoms. The number of piperidine rings is 1. The van der Waals surface area contributed by atoms with Crippen molar-refractivity contribution in [3.8, 4) is 0 Å². The highest BCUT2D eigenvalue weighted by molar-refractivity contribution is 5.68. The van der Waals surface area contributed by atoms with Crippen LogP contribution in [0.3, 0.4) is 0 Å². The van der Waals surface area contributed by atoms with Gasteiger partial charge >= 0.3 is 12.3 Å². The number of alkyl halides is 3. The fourth-order valence-electron chi connectivity index (χ4n) is 3.24. The molecule has 1 aliphatic heterocycles. The molecule has 0 radical (unpaired) electrons. The summed E-state index contributed by atoms with van der Waals surface area (Å²) in [4.78, 5) is 19.6. The lowest BCUT2D eigenvalue weighted by molar-refractivity contribution is -0.137. The number of nitrogens with zero attached hydrogens (tertiary/aromatic N) is 3. The van der Waals surface area contributed by atoms with Crippen molar-refractivity contribution in [2.45, 2.75) is 58.2 Å². The highest BCUT2D eigenvalue weighted by atomic mass is 19.4. The van der Waals surface area contributed by atoms with Crippen LogP contribution in [0.5, 0.6) is 0 Å². The fourth-order valence-corrected chi connectivity index (χ4v) is 3.24. The minimum absolute atomic E-state index is 0.251. The zero-order valence-electron chi connectivity index (χ0n) is 17.1. The summed E-state index contributed by atoms with van der Waals surface area (Å²) in [5, 5.41) is 0. The summed E-state index contributed by atoms with van der Waals surface area (Å²) in [6.07, 6.45) is 0.0992. The van der Waals surface area contributed by atoms with Crippen molar-refractivity contribution in [2.24, 2.45) is 5.92 Å². The minimum atomic E-state index is -4.36. The average molecular weight is 401 g/mol. The minimum Gasteiger partial charge on any atom is -0.444 e. The maximum Gasteiger partial charge on any atom is 0.417 e. The van der Waals surface area contributed by atoms with Gasteiger partial charge in [0.1, 0.15) is 11.4 Å². The smallest absolute Gasteiger partial charge is 0.417 e. The molecule has 8 heteroatoms. The SMILES string of the molecule is CN(CCCC1CCN(C(=O)OC(C)(C)C)CC1)c1ccc(C(F)(F)F)cn1. The van der Waals surface area contributed by atoms with E-state index in [4.69, 9.17) is 4.74 Å². The number of likely N-dealkylation sites (tertiary alicyclic amines) is 1. The third-order valence-corrected chi connectivity index (χ3v) is 4.84. The van der Waals surface area contributed by atoms with E-state index in [-0.39, 0.29) is 6.09 Å². The molecule has 0 atom stereocenters. The van der Waals surface area contributed by atoms with Gasteiger partial charge in [-0.05, 0) is 64.5 Å². The Labute approximate surface area is 164 Å². The van der Waals surface area contributed by atoms with Crippen LogP contribution in [0.2, 0.25) is 0 Å². The lowest BCUT2D eigenvalue weighted by Crippen LogP contribution is -2.41. The normalized spacial score (nSPS) is 16.2. The Kier molecular flexibility index (Phi) is 7.17. The Balaban J connectivity index is 1.71. The molecule has 0 bridgehead atoms. The first kappa shape index (κ1) is 22.3. The molecule has 158 valence electrons. The predicted octanol–water partition coefficient (Wildman–Crippen LogP) is 4.96. The molecule has 0 aromatic carbocycles. The molecule has 0 saturated carbocycles. The van der Waals surface area contributed by atoms with Gasteiger partial charge in [0.05, 0.1) is 5.56 Å². The van der Waals surface area contributed by atoms with E-state index < -0.39 is 17.3 Å². The van der Waals surface area contributed by atoms with E-state index in [0.717, 1.165) is 44.5 Å². The first-order valence-corrected chi connectivity index (χ1v) is 9.68. The van der Waals surface area contributed by atoms with Crippen molar-refractivity contribution in [1.82, 2.24) is 9.88 Å². The summed E-state index contributed by atoms with van der Waals surface area (Å²) in [6, 6.07) is 2.47. The van der Waals surface area contributed by atoms with E-state index >= 15 is 0 Å². The van der Waals surface area contributed by atoms with Gasteiger partial charge in [0.2, 0.25) is 0 Å². The van der Waals surface area contributed by atoms with Crippen molar-refractivity contribution < 1.29 is 22.7 Å². The lowest BCUT2D eigenvalue weighted by atomic mass is 9.92. The maximum absolute atomic E-state index is 12.6. The van der Waals surface area contributed by atoms with Crippen LogP contribution in [0.4, 0.5) is 23.8 Å². The van der Waals surface area contributed by atoms with E-state index in [0.29, 0.717) is 24.8 Å². The van der Waals surface area contributed by atoms with Gasteiger partial charge in [-0.15, -0.1) is 0 Å². The molecule has 0 spiro atoms. The molecule has 1 aromatic rings. The topological polar surface area (TPSA) is 45.7 Å². The summed E-state index contributed by atoms with van der Waals surface area (Å²) in [7, 11) is 1.83. The molecule has 1 aliphatic rings. The van der Waals surface area contributed by atoms with E-state index in [9.17, 15) is 18.0 Å². The Morgan fingerprint density at radius 3 is 2.39 bits per heavy atom. The second-order valence-corrected chi connectivity index (χ2v) is 8.38. The van der Waals surface area contributed by atoms with Crippen LogP contribution in [0.25, 0.3) is 0 Å². The maximum atomic E-state index is 12.6. The number of hydrogen-bond acceptors (Lipinski definition) is 4. The van der Waals surface area contributed by atoms with Crippen molar-refractivity contribution in [1.29, 1.82) is 0 Å². The molecule has 0 unspecified atom stereocenters. The number of hydrogen-bond donors (Lipinski definition) is 0. The van der Waals surface area contributed by atoms with Crippen molar-refractivity contribution >= 4 is 11.9 Å². The fraction of sp³-hybridized carbons (Fsp3) is 0.700. The largest absolute Gasteiger partial charge is 0.444 e. The molecule has 1 amide bonds. The standard InChI is InChI=1S/C20H30F3N3O2/c1-19(2,3)28-18(27)26-12-9-15(10-13-26)6-5-11-25(4)17-8-7-16(14-24-17)20(21,22)23/h7-8,14-15H,5-6,9-13H2,1-4H3. The van der Waals surface area contributed by atoms with Gasteiger partial charge in [-0.3, -0.25) is 0 Å². The van der Waals surface area contributed by atoms with Crippen LogP contribution in [0.15, 0.2) is 18.3 Å². The molecule has 0 N–H and O–H groups in total. The molecular formula is C20H30F3N3O2. The van der Waals surface area contributed by atoms with Crippen molar-refractivity contribution in [2.75, 3.05) is 31.6 Å². The molecule has 0 aliphatic carbocycles. The molecule has 1 aromatic heterocycles. The number of pyridine rings is 1. The molecule has 2 rings (SSSR count). The summed E-state index contributed by atoms with van der Waals surface area (Å²) in [5.41, 5.74) is -1.22. The lowest BCUT2D eigenvalue weighted by Gasteiger charge is -2.33. The quantitative estimate of drug-likeness (QED) is 0.699. The van der Waals surface area contributed by atoms with E-state index in [2.05, 4.69) is 4.98 Å². The second-order valence-electron chi connectivity index (χ2n) is 8.38. The summed E-state index contributed by atoms with van der Waals surface area (Å²) >= 11 is 0. The number of rotatable bonds is 5. The number of carbonyl (C=O) groups is 1. The van der Waals surface area contributed by atoms with Gasteiger partial charge in [-0.1, -0.05) is 0 Å². The van der Waals surface area contributed by atoms with Gasteiger partial charge in [0.15, 0.2) is 0 Å². The van der Waals surface area contributed by atoms with E-state index in [1.54, 1.807) is 4.90 Å². The zero-order valence-corrected chi connectivity index (χ0v) is 17.1. The van der Waals surface area contributed by atoms with Gasteiger partial charge in [-0.2, -0.15) is 13.2 Å². The molecule has 1 saturated heterocycles. The Morgan fingerprint density at radius 2 is 1.89 bits per heavy atom. The number of halogens is 3. The van der Waals surface area contributed by atoms with Crippen LogP contribution in [0, 0.1) is 5.92 Å². The van der Waals surface area contributed by atoms with Gasteiger partial charge in [0.25, 0.3) is 0 Å². The number of carbonyl (C=O) groups excluding carboxylic acids is 1. The van der Waals surface area contributed by atoms with Crippen LogP contribution >= 0.6 is 0 Å². The number of ether oxygens (including phenoxy) is 1. The molecular weight excluding hydrogens is 371 g/mol. The Morgan fingerprint density at radius 1 is 1.25 bits per heavy atom. The van der Waals surface area contributed by atoms with E-state index in [1.807, 2.05) is 32.7 Å². The predicted molar refractivity (Wildman–Crippen MR) is 102 cm³/mol. The Bertz CT molecular complexity index is 634. The number of anilines is 1. The van der Waals surface area contributed by atoms with Crippen LogP contribution in [-0.2, 0) is 10.9 Å². The third kappa shape index (κ3) is 6.87. The van der Waals surface area contributed by atoms with Gasteiger partial charge < -0.3 is 14.5 Å². The molecule has 1 fully saturated rings.